The van der Waals surface area contributed by atoms with Crippen LogP contribution in [0.1, 0.15) is 23.6 Å². The van der Waals surface area contributed by atoms with Gasteiger partial charge in [-0.05, 0) is 24.1 Å². The highest BCUT2D eigenvalue weighted by atomic mass is 32.2. The summed E-state index contributed by atoms with van der Waals surface area (Å²) < 4.78 is 2.01. The molecular weight excluding hydrogens is 396 g/mol. The molecule has 0 radical (unpaired) electrons. The summed E-state index contributed by atoms with van der Waals surface area (Å²) in [6.07, 6.45) is 3.94. The molecule has 30 heavy (non-hydrogen) atoms. The lowest BCUT2D eigenvalue weighted by molar-refractivity contribution is -0.131. The Balaban J connectivity index is 1.51. The second-order valence-corrected chi connectivity index (χ2v) is 8.17. The summed E-state index contributed by atoms with van der Waals surface area (Å²) in [5, 5.41) is 3.66. The molecule has 7 heteroatoms. The standard InChI is InChI=1S/C23H24N4O2S/c1-17-7-5-6-10-19(17)27-14-12-25-23(27)30-16-22(29)26-13-11-24-21(28)15-20(26)18-8-3-2-4-9-18/h2-10,12,14,20H,11,13,15-16H2,1H3,(H,24,28)/t20-/m0/s1. The lowest BCUT2D eigenvalue weighted by Crippen LogP contribution is -2.37. The molecule has 0 saturated carbocycles. The molecule has 1 aliphatic rings. The Morgan fingerprint density at radius 2 is 1.93 bits per heavy atom. The van der Waals surface area contributed by atoms with E-state index in [-0.39, 0.29) is 30.0 Å². The van der Waals surface area contributed by atoms with Crippen LogP contribution in [0, 0.1) is 6.92 Å². The largest absolute Gasteiger partial charge is 0.354 e. The number of aromatic nitrogens is 2. The molecule has 0 spiro atoms. The molecule has 2 amide bonds. The zero-order valence-electron chi connectivity index (χ0n) is 16.8. The zero-order valence-corrected chi connectivity index (χ0v) is 17.6. The second-order valence-electron chi connectivity index (χ2n) is 7.22. The molecule has 1 atom stereocenters. The van der Waals surface area contributed by atoms with E-state index in [9.17, 15) is 9.59 Å². The van der Waals surface area contributed by atoms with Crippen LogP contribution in [0.25, 0.3) is 5.69 Å². The summed E-state index contributed by atoms with van der Waals surface area (Å²) in [6, 6.07) is 17.6. The second kappa shape index (κ2) is 9.17. The van der Waals surface area contributed by atoms with E-state index in [2.05, 4.69) is 23.3 Å². The van der Waals surface area contributed by atoms with E-state index < -0.39 is 0 Å². The quantitative estimate of drug-likeness (QED) is 0.643. The molecular formula is C23H24N4O2S. The van der Waals surface area contributed by atoms with Gasteiger partial charge < -0.3 is 10.2 Å². The Hall–Kier alpha value is -3.06. The van der Waals surface area contributed by atoms with Crippen molar-refractivity contribution in [3.05, 3.63) is 78.1 Å². The SMILES string of the molecule is Cc1ccccc1-n1ccnc1SCC(=O)N1CCNC(=O)C[C@H]1c1ccccc1. The fraction of sp³-hybridized carbons (Fsp3) is 0.261. The average Bonchev–Trinajstić information content (AvgIpc) is 3.14. The van der Waals surface area contributed by atoms with Gasteiger partial charge in [0.1, 0.15) is 0 Å². The molecule has 2 aromatic carbocycles. The fourth-order valence-electron chi connectivity index (χ4n) is 3.72. The number of aryl methyl sites for hydroxylation is 1. The number of nitrogens with one attached hydrogen (secondary N) is 1. The van der Waals surface area contributed by atoms with E-state index in [0.717, 1.165) is 22.0 Å². The van der Waals surface area contributed by atoms with Crippen LogP contribution in [0.5, 0.6) is 0 Å². The molecule has 4 rings (SSSR count). The summed E-state index contributed by atoms with van der Waals surface area (Å²) in [7, 11) is 0. The predicted octanol–water partition coefficient (Wildman–Crippen LogP) is 3.36. The topological polar surface area (TPSA) is 67.2 Å². The number of carbonyl (C=O) groups is 2. The van der Waals surface area contributed by atoms with Crippen molar-refractivity contribution in [2.75, 3.05) is 18.8 Å². The predicted molar refractivity (Wildman–Crippen MR) is 118 cm³/mol. The molecule has 3 aromatic rings. The van der Waals surface area contributed by atoms with Gasteiger partial charge in [-0.25, -0.2) is 4.98 Å². The Morgan fingerprint density at radius 1 is 1.17 bits per heavy atom. The molecule has 154 valence electrons. The van der Waals surface area contributed by atoms with Crippen molar-refractivity contribution < 1.29 is 9.59 Å². The number of imidazole rings is 1. The van der Waals surface area contributed by atoms with Crippen molar-refractivity contribution in [3.8, 4) is 5.69 Å². The lowest BCUT2D eigenvalue weighted by atomic mass is 10.0. The maximum absolute atomic E-state index is 13.2. The van der Waals surface area contributed by atoms with E-state index in [1.54, 1.807) is 6.20 Å². The minimum Gasteiger partial charge on any atom is -0.354 e. The molecule has 1 fully saturated rings. The van der Waals surface area contributed by atoms with Crippen LogP contribution in [-0.2, 0) is 9.59 Å². The van der Waals surface area contributed by atoms with E-state index in [1.807, 2.05) is 64.2 Å². The number of benzene rings is 2. The van der Waals surface area contributed by atoms with Gasteiger partial charge in [0.25, 0.3) is 0 Å². The van der Waals surface area contributed by atoms with Gasteiger partial charge in [0.2, 0.25) is 11.8 Å². The summed E-state index contributed by atoms with van der Waals surface area (Å²) in [5.41, 5.74) is 3.18. The van der Waals surface area contributed by atoms with Crippen molar-refractivity contribution in [2.45, 2.75) is 24.5 Å². The molecule has 2 heterocycles. The van der Waals surface area contributed by atoms with Crippen LogP contribution in [-0.4, -0.2) is 45.1 Å². The first-order valence-electron chi connectivity index (χ1n) is 9.97. The molecule has 0 bridgehead atoms. The van der Waals surface area contributed by atoms with Gasteiger partial charge in [0, 0.05) is 25.5 Å². The molecule has 1 aliphatic heterocycles. The van der Waals surface area contributed by atoms with E-state index in [1.165, 1.54) is 11.8 Å². The van der Waals surface area contributed by atoms with Crippen molar-refractivity contribution in [3.63, 3.8) is 0 Å². The number of hydrogen-bond acceptors (Lipinski definition) is 4. The molecule has 0 unspecified atom stereocenters. The number of nitrogens with zero attached hydrogens (tertiary/aromatic N) is 3. The van der Waals surface area contributed by atoms with Crippen molar-refractivity contribution >= 4 is 23.6 Å². The molecule has 1 aromatic heterocycles. The number of carbonyl (C=O) groups excluding carboxylic acids is 2. The van der Waals surface area contributed by atoms with Gasteiger partial charge in [-0.3, -0.25) is 14.2 Å². The monoisotopic (exact) mass is 420 g/mol. The first-order chi connectivity index (χ1) is 14.6. The number of thioether (sulfide) groups is 1. The number of hydrogen-bond donors (Lipinski definition) is 1. The minimum atomic E-state index is -0.252. The first kappa shape index (κ1) is 20.2. The summed E-state index contributed by atoms with van der Waals surface area (Å²) in [4.78, 5) is 31.6. The normalized spacial score (nSPS) is 16.8. The summed E-state index contributed by atoms with van der Waals surface area (Å²) in [6.45, 7) is 3.02. The highest BCUT2D eigenvalue weighted by molar-refractivity contribution is 7.99. The molecule has 1 saturated heterocycles. The minimum absolute atomic E-state index is 0.00434. The smallest absolute Gasteiger partial charge is 0.233 e. The summed E-state index contributed by atoms with van der Waals surface area (Å²) >= 11 is 1.42. The third kappa shape index (κ3) is 4.41. The average molecular weight is 421 g/mol. The van der Waals surface area contributed by atoms with Crippen LogP contribution < -0.4 is 5.32 Å². The number of para-hydroxylation sites is 1. The molecule has 6 nitrogen and oxygen atoms in total. The van der Waals surface area contributed by atoms with Crippen molar-refractivity contribution in [2.24, 2.45) is 0 Å². The molecule has 1 N–H and O–H groups in total. The van der Waals surface area contributed by atoms with E-state index >= 15 is 0 Å². The first-order valence-corrected chi connectivity index (χ1v) is 11.0. The number of amides is 2. The highest BCUT2D eigenvalue weighted by Crippen LogP contribution is 2.28. The zero-order chi connectivity index (χ0) is 20.9. The lowest BCUT2D eigenvalue weighted by Gasteiger charge is -2.29. The van der Waals surface area contributed by atoms with Crippen LogP contribution in [0.2, 0.25) is 0 Å². The summed E-state index contributed by atoms with van der Waals surface area (Å²) in [5.74, 6) is 0.243. The maximum atomic E-state index is 13.2. The van der Waals surface area contributed by atoms with Crippen LogP contribution in [0.4, 0.5) is 0 Å². The van der Waals surface area contributed by atoms with Gasteiger partial charge in [-0.1, -0.05) is 60.3 Å². The Morgan fingerprint density at radius 3 is 2.73 bits per heavy atom. The molecule has 0 aliphatic carbocycles. The Bertz CT molecular complexity index is 1030. The fourth-order valence-corrected chi connectivity index (χ4v) is 4.58. The maximum Gasteiger partial charge on any atom is 0.233 e. The number of rotatable bonds is 5. The Kier molecular flexibility index (Phi) is 6.18. The van der Waals surface area contributed by atoms with Gasteiger partial charge in [-0.2, -0.15) is 0 Å². The van der Waals surface area contributed by atoms with Gasteiger partial charge in [0.15, 0.2) is 5.16 Å². The van der Waals surface area contributed by atoms with Crippen molar-refractivity contribution in [1.82, 2.24) is 19.8 Å². The Labute approximate surface area is 180 Å². The van der Waals surface area contributed by atoms with E-state index in [0.29, 0.717) is 13.1 Å². The van der Waals surface area contributed by atoms with E-state index in [4.69, 9.17) is 0 Å². The van der Waals surface area contributed by atoms with Crippen LogP contribution in [0.15, 0.2) is 72.1 Å². The highest BCUT2D eigenvalue weighted by Gasteiger charge is 2.29. The van der Waals surface area contributed by atoms with Gasteiger partial charge in [0.05, 0.1) is 23.9 Å². The van der Waals surface area contributed by atoms with Crippen LogP contribution >= 0.6 is 11.8 Å². The van der Waals surface area contributed by atoms with Gasteiger partial charge >= 0.3 is 0 Å². The van der Waals surface area contributed by atoms with Crippen molar-refractivity contribution in [1.29, 1.82) is 0 Å². The van der Waals surface area contributed by atoms with Gasteiger partial charge in [-0.15, -0.1) is 0 Å². The van der Waals surface area contributed by atoms with Crippen LogP contribution in [0.3, 0.4) is 0 Å². The third-order valence-electron chi connectivity index (χ3n) is 5.24. The third-order valence-corrected chi connectivity index (χ3v) is 6.19.